The Balaban J connectivity index is 2.72. The zero-order valence-corrected chi connectivity index (χ0v) is 12.3. The van der Waals surface area contributed by atoms with Crippen LogP contribution < -0.4 is 0 Å². The summed E-state index contributed by atoms with van der Waals surface area (Å²) >= 11 is 5.92. The first-order valence-corrected chi connectivity index (χ1v) is 9.76. The first-order valence-electron chi connectivity index (χ1n) is 6.11. The summed E-state index contributed by atoms with van der Waals surface area (Å²) in [6, 6.07) is 2.39. The van der Waals surface area contributed by atoms with E-state index in [-0.39, 0.29) is 0 Å². The van der Waals surface area contributed by atoms with E-state index in [1.165, 1.54) is 19.3 Å². The summed E-state index contributed by atoms with van der Waals surface area (Å²) in [6.07, 6.45) is 6.00. The molecule has 0 aliphatic heterocycles. The van der Waals surface area contributed by atoms with Crippen LogP contribution >= 0.6 is 11.6 Å². The average Bonchev–Trinajstić information content (AvgIpc) is 2.29. The molecule has 0 saturated heterocycles. The summed E-state index contributed by atoms with van der Waals surface area (Å²) in [5.74, 6) is 0.390. The molecule has 2 nitrogen and oxygen atoms in total. The van der Waals surface area contributed by atoms with Crippen LogP contribution in [0.1, 0.15) is 39.0 Å². The summed E-state index contributed by atoms with van der Waals surface area (Å²) < 4.78 is 6.11. The van der Waals surface area contributed by atoms with Crippen molar-refractivity contribution in [1.29, 1.82) is 5.26 Å². The van der Waals surface area contributed by atoms with Crippen molar-refractivity contribution in [1.82, 2.24) is 0 Å². The van der Waals surface area contributed by atoms with Crippen LogP contribution in [0, 0.1) is 17.2 Å². The van der Waals surface area contributed by atoms with E-state index in [2.05, 4.69) is 19.2 Å². The molecule has 0 aromatic heterocycles. The molecule has 92 valence electrons. The number of nitriles is 1. The van der Waals surface area contributed by atoms with Crippen LogP contribution in [0.25, 0.3) is 0 Å². The van der Waals surface area contributed by atoms with Gasteiger partial charge in [0.25, 0.3) is 0 Å². The Morgan fingerprint density at radius 2 is 1.94 bits per heavy atom. The van der Waals surface area contributed by atoms with Gasteiger partial charge in [0.05, 0.1) is 6.07 Å². The number of alkyl halides is 1. The van der Waals surface area contributed by atoms with Gasteiger partial charge in [0.15, 0.2) is 0 Å². The first kappa shape index (κ1) is 14.0. The van der Waals surface area contributed by atoms with Crippen molar-refractivity contribution in [2.24, 2.45) is 5.92 Å². The zero-order valence-electron chi connectivity index (χ0n) is 10.6. The number of rotatable bonds is 4. The molecule has 0 radical (unpaired) electrons. The standard InChI is InChI=1S/C12H22ClNOSi/c1-12(9-14,15-16(2,3)10-13)11-7-5-4-6-8-11/h11H,4-8,10H2,1-3H3/t12-/m1/s1. The van der Waals surface area contributed by atoms with Crippen molar-refractivity contribution in [3.63, 3.8) is 0 Å². The minimum absolute atomic E-state index is 0.390. The summed E-state index contributed by atoms with van der Waals surface area (Å²) in [5.41, 5.74) is -0.0674. The van der Waals surface area contributed by atoms with E-state index in [0.717, 1.165) is 12.8 Å². The third-order valence-corrected chi connectivity index (χ3v) is 6.97. The molecule has 0 unspecified atom stereocenters. The van der Waals surface area contributed by atoms with Gasteiger partial charge in [-0.1, -0.05) is 19.3 Å². The van der Waals surface area contributed by atoms with Crippen LogP contribution in [-0.4, -0.2) is 19.4 Å². The number of hydrogen-bond acceptors (Lipinski definition) is 2. The predicted molar refractivity (Wildman–Crippen MR) is 69.9 cm³/mol. The molecule has 0 heterocycles. The van der Waals surface area contributed by atoms with E-state index in [4.69, 9.17) is 16.0 Å². The number of halogens is 1. The quantitative estimate of drug-likeness (QED) is 0.568. The van der Waals surface area contributed by atoms with Gasteiger partial charge in [-0.3, -0.25) is 0 Å². The SMILES string of the molecule is C[C@](C#N)(O[Si](C)(C)CCl)C1CCCCC1. The maximum absolute atomic E-state index is 9.40. The van der Waals surface area contributed by atoms with Crippen LogP contribution in [0.15, 0.2) is 0 Å². The molecule has 1 saturated carbocycles. The van der Waals surface area contributed by atoms with Gasteiger partial charge in [-0.15, -0.1) is 11.6 Å². The van der Waals surface area contributed by atoms with Crippen LogP contribution in [0.4, 0.5) is 0 Å². The lowest BCUT2D eigenvalue weighted by Crippen LogP contribution is -2.48. The molecule has 1 rings (SSSR count). The van der Waals surface area contributed by atoms with Gasteiger partial charge < -0.3 is 4.43 Å². The van der Waals surface area contributed by atoms with E-state index in [9.17, 15) is 5.26 Å². The molecule has 0 aromatic carbocycles. The van der Waals surface area contributed by atoms with E-state index >= 15 is 0 Å². The third-order valence-electron chi connectivity index (χ3n) is 3.42. The van der Waals surface area contributed by atoms with Crippen molar-refractivity contribution in [2.45, 2.75) is 57.7 Å². The van der Waals surface area contributed by atoms with Crippen LogP contribution in [0.2, 0.25) is 13.1 Å². The highest BCUT2D eigenvalue weighted by Crippen LogP contribution is 2.36. The number of hydrogen-bond donors (Lipinski definition) is 0. The minimum Gasteiger partial charge on any atom is -0.398 e. The molecule has 0 spiro atoms. The van der Waals surface area contributed by atoms with Crippen molar-refractivity contribution >= 4 is 19.9 Å². The molecule has 0 N–H and O–H groups in total. The highest BCUT2D eigenvalue weighted by Gasteiger charge is 2.40. The van der Waals surface area contributed by atoms with E-state index in [1.54, 1.807) is 0 Å². The molecular weight excluding hydrogens is 238 g/mol. The molecule has 4 heteroatoms. The summed E-state index contributed by atoms with van der Waals surface area (Å²) in [7, 11) is -1.87. The van der Waals surface area contributed by atoms with Gasteiger partial charge in [0.1, 0.15) is 5.60 Å². The fourth-order valence-electron chi connectivity index (χ4n) is 2.45. The second kappa shape index (κ2) is 5.53. The predicted octanol–water partition coefficient (Wildman–Crippen LogP) is 3.85. The van der Waals surface area contributed by atoms with E-state index in [0.29, 0.717) is 11.4 Å². The Kier molecular flexibility index (Phi) is 4.84. The smallest absolute Gasteiger partial charge is 0.203 e. The first-order chi connectivity index (χ1) is 7.43. The summed E-state index contributed by atoms with van der Waals surface area (Å²) in [5, 5.41) is 9.40. The van der Waals surface area contributed by atoms with Gasteiger partial charge >= 0.3 is 0 Å². The fourth-order valence-corrected chi connectivity index (χ4v) is 4.03. The van der Waals surface area contributed by atoms with Gasteiger partial charge in [-0.25, -0.2) is 0 Å². The topological polar surface area (TPSA) is 33.0 Å². The molecule has 0 aromatic rings. The van der Waals surface area contributed by atoms with Crippen LogP contribution in [0.5, 0.6) is 0 Å². The largest absolute Gasteiger partial charge is 0.398 e. The van der Waals surface area contributed by atoms with Gasteiger partial charge in [0, 0.05) is 11.4 Å². The normalized spacial score (nSPS) is 22.4. The molecule has 1 aliphatic carbocycles. The molecular formula is C12H22ClNOSi. The molecule has 16 heavy (non-hydrogen) atoms. The Morgan fingerprint density at radius 3 is 2.38 bits per heavy atom. The fraction of sp³-hybridized carbons (Fsp3) is 0.917. The van der Waals surface area contributed by atoms with Crippen LogP contribution in [0.3, 0.4) is 0 Å². The van der Waals surface area contributed by atoms with Crippen molar-refractivity contribution < 1.29 is 4.43 Å². The second-order valence-electron chi connectivity index (χ2n) is 5.55. The second-order valence-corrected chi connectivity index (χ2v) is 10.3. The third kappa shape index (κ3) is 3.48. The van der Waals surface area contributed by atoms with Crippen LogP contribution in [-0.2, 0) is 4.43 Å². The molecule has 1 fully saturated rings. The van der Waals surface area contributed by atoms with E-state index in [1.807, 2.05) is 6.92 Å². The maximum atomic E-state index is 9.40. The molecule has 1 atom stereocenters. The van der Waals surface area contributed by atoms with Gasteiger partial charge in [0.2, 0.25) is 8.32 Å². The molecule has 0 bridgehead atoms. The van der Waals surface area contributed by atoms with Crippen molar-refractivity contribution in [3.05, 3.63) is 0 Å². The Hall–Kier alpha value is -0.0431. The van der Waals surface area contributed by atoms with E-state index < -0.39 is 13.9 Å². The lowest BCUT2D eigenvalue weighted by Gasteiger charge is -2.39. The highest BCUT2D eigenvalue weighted by molar-refractivity contribution is 6.77. The average molecular weight is 260 g/mol. The highest BCUT2D eigenvalue weighted by atomic mass is 35.5. The minimum atomic E-state index is -1.87. The Labute approximate surface area is 105 Å². The Bertz CT molecular complexity index is 271. The van der Waals surface area contributed by atoms with Crippen molar-refractivity contribution in [2.75, 3.05) is 5.50 Å². The zero-order chi connectivity index (χ0) is 12.2. The van der Waals surface area contributed by atoms with Gasteiger partial charge in [-0.2, -0.15) is 5.26 Å². The monoisotopic (exact) mass is 259 g/mol. The summed E-state index contributed by atoms with van der Waals surface area (Å²) in [4.78, 5) is 0. The number of nitrogens with zero attached hydrogens (tertiary/aromatic N) is 1. The Morgan fingerprint density at radius 1 is 1.38 bits per heavy atom. The molecule has 0 amide bonds. The maximum Gasteiger partial charge on any atom is 0.203 e. The lowest BCUT2D eigenvalue weighted by atomic mass is 9.79. The lowest BCUT2D eigenvalue weighted by molar-refractivity contribution is 0.0517. The molecule has 1 aliphatic rings. The van der Waals surface area contributed by atoms with Gasteiger partial charge in [-0.05, 0) is 32.9 Å². The summed E-state index contributed by atoms with van der Waals surface area (Å²) in [6.45, 7) is 6.11. The van der Waals surface area contributed by atoms with Crippen molar-refractivity contribution in [3.8, 4) is 6.07 Å².